The molecule has 0 spiro atoms. The molecule has 0 saturated carbocycles. The molecule has 1 atom stereocenters. The molecule has 0 radical (unpaired) electrons. The molecule has 0 N–H and O–H groups in total. The molecular weight excluding hydrogens is 305 g/mol. The van der Waals surface area contributed by atoms with Gasteiger partial charge in [-0.05, 0) is 24.1 Å². The quantitative estimate of drug-likeness (QED) is 0.696. The number of likely N-dealkylation sites (N-methyl/N-ethyl adjacent to an activating group) is 1. The third-order valence-corrected chi connectivity index (χ3v) is 4.15. The van der Waals surface area contributed by atoms with E-state index in [0.717, 1.165) is 6.42 Å². The van der Waals surface area contributed by atoms with E-state index in [-0.39, 0.29) is 11.9 Å². The Labute approximate surface area is 140 Å². The average molecular weight is 325 g/mol. The minimum atomic E-state index is -0.337. The first-order chi connectivity index (χ1) is 11.7. The minimum Gasteiger partial charge on any atom is -0.383 e. The molecular formula is C19H20FN3O. The maximum Gasteiger partial charge on any atom is 0.149 e. The van der Waals surface area contributed by atoms with Crippen molar-refractivity contribution in [2.24, 2.45) is 0 Å². The molecule has 0 amide bonds. The third-order valence-electron chi connectivity index (χ3n) is 4.15. The van der Waals surface area contributed by atoms with Gasteiger partial charge in [-0.2, -0.15) is 0 Å². The van der Waals surface area contributed by atoms with Gasteiger partial charge >= 0.3 is 0 Å². The maximum absolute atomic E-state index is 14.0. The van der Waals surface area contributed by atoms with Gasteiger partial charge in [-0.25, -0.2) is 14.4 Å². The first-order valence-corrected chi connectivity index (χ1v) is 7.85. The molecule has 0 bridgehead atoms. The van der Waals surface area contributed by atoms with E-state index in [1.54, 1.807) is 13.2 Å². The molecule has 1 unspecified atom stereocenters. The van der Waals surface area contributed by atoms with E-state index in [2.05, 4.69) is 22.1 Å². The lowest BCUT2D eigenvalue weighted by atomic mass is 10.0. The van der Waals surface area contributed by atoms with Crippen LogP contribution in [-0.4, -0.2) is 36.8 Å². The Balaban J connectivity index is 1.96. The lowest BCUT2D eigenvalue weighted by Crippen LogP contribution is -2.38. The Morgan fingerprint density at radius 3 is 2.62 bits per heavy atom. The van der Waals surface area contributed by atoms with E-state index in [1.807, 2.05) is 36.2 Å². The van der Waals surface area contributed by atoms with Gasteiger partial charge < -0.3 is 9.64 Å². The Bertz CT molecular complexity index is 810. The van der Waals surface area contributed by atoms with Crippen molar-refractivity contribution in [3.05, 3.63) is 66.2 Å². The predicted octanol–water partition coefficient (Wildman–Crippen LogP) is 3.46. The van der Waals surface area contributed by atoms with Gasteiger partial charge in [-0.1, -0.05) is 36.4 Å². The SMILES string of the molecule is COCC(Cc1ccccc1)N(C)c1ncnc2c(F)cccc12. The van der Waals surface area contributed by atoms with Gasteiger partial charge in [0.05, 0.1) is 12.6 Å². The number of hydrogen-bond acceptors (Lipinski definition) is 4. The van der Waals surface area contributed by atoms with Gasteiger partial charge in [0.15, 0.2) is 0 Å². The highest BCUT2D eigenvalue weighted by molar-refractivity contribution is 5.89. The van der Waals surface area contributed by atoms with Crippen molar-refractivity contribution in [3.63, 3.8) is 0 Å². The van der Waals surface area contributed by atoms with E-state index in [9.17, 15) is 4.39 Å². The number of para-hydroxylation sites is 1. The summed E-state index contributed by atoms with van der Waals surface area (Å²) in [6.45, 7) is 0.548. The van der Waals surface area contributed by atoms with Gasteiger partial charge in [0, 0.05) is 19.5 Å². The van der Waals surface area contributed by atoms with Crippen molar-refractivity contribution in [3.8, 4) is 0 Å². The fourth-order valence-electron chi connectivity index (χ4n) is 2.88. The van der Waals surface area contributed by atoms with Gasteiger partial charge in [0.2, 0.25) is 0 Å². The van der Waals surface area contributed by atoms with Crippen molar-refractivity contribution in [1.29, 1.82) is 0 Å². The summed E-state index contributed by atoms with van der Waals surface area (Å²) in [7, 11) is 3.64. The summed E-state index contributed by atoms with van der Waals surface area (Å²) in [5.74, 6) is 0.369. The van der Waals surface area contributed by atoms with Crippen LogP contribution in [0, 0.1) is 5.82 Å². The van der Waals surface area contributed by atoms with Crippen molar-refractivity contribution in [2.75, 3.05) is 25.7 Å². The van der Waals surface area contributed by atoms with E-state index in [1.165, 1.54) is 18.0 Å². The Kier molecular flexibility index (Phi) is 5.01. The van der Waals surface area contributed by atoms with Crippen molar-refractivity contribution >= 4 is 16.7 Å². The number of rotatable bonds is 6. The average Bonchev–Trinajstić information content (AvgIpc) is 2.62. The second-order valence-corrected chi connectivity index (χ2v) is 5.74. The molecule has 2 aromatic carbocycles. The van der Waals surface area contributed by atoms with Gasteiger partial charge in [0.25, 0.3) is 0 Å². The number of aromatic nitrogens is 2. The van der Waals surface area contributed by atoms with Crippen LogP contribution in [0.3, 0.4) is 0 Å². The summed E-state index contributed by atoms with van der Waals surface area (Å²) in [5, 5.41) is 0.703. The Morgan fingerprint density at radius 1 is 1.08 bits per heavy atom. The lowest BCUT2D eigenvalue weighted by Gasteiger charge is -2.29. The summed E-state index contributed by atoms with van der Waals surface area (Å²) in [6.07, 6.45) is 2.22. The van der Waals surface area contributed by atoms with Crippen molar-refractivity contribution in [2.45, 2.75) is 12.5 Å². The normalized spacial score (nSPS) is 12.3. The number of hydrogen-bond donors (Lipinski definition) is 0. The summed E-state index contributed by atoms with van der Waals surface area (Å²) in [6, 6.07) is 15.2. The van der Waals surface area contributed by atoms with Gasteiger partial charge in [0.1, 0.15) is 23.5 Å². The van der Waals surface area contributed by atoms with Crippen LogP contribution in [0.1, 0.15) is 5.56 Å². The Hall–Kier alpha value is -2.53. The number of methoxy groups -OCH3 is 1. The van der Waals surface area contributed by atoms with Crippen molar-refractivity contribution < 1.29 is 9.13 Å². The number of ether oxygens (including phenoxy) is 1. The van der Waals surface area contributed by atoms with Crippen LogP contribution in [0.5, 0.6) is 0 Å². The van der Waals surface area contributed by atoms with Crippen LogP contribution in [0.2, 0.25) is 0 Å². The predicted molar refractivity (Wildman–Crippen MR) is 93.7 cm³/mol. The summed E-state index contributed by atoms with van der Waals surface area (Å²) < 4.78 is 19.4. The standard InChI is InChI=1S/C19H20FN3O/c1-23(15(12-24-2)11-14-7-4-3-5-8-14)19-16-9-6-10-17(20)18(16)21-13-22-19/h3-10,13,15H,11-12H2,1-2H3. The monoisotopic (exact) mass is 325 g/mol. The highest BCUT2D eigenvalue weighted by Gasteiger charge is 2.20. The maximum atomic E-state index is 14.0. The molecule has 1 aromatic heterocycles. The van der Waals surface area contributed by atoms with Gasteiger partial charge in [-0.3, -0.25) is 0 Å². The van der Waals surface area contributed by atoms with E-state index in [4.69, 9.17) is 4.74 Å². The zero-order chi connectivity index (χ0) is 16.9. The Morgan fingerprint density at radius 2 is 1.88 bits per heavy atom. The van der Waals surface area contributed by atoms with Crippen LogP contribution in [-0.2, 0) is 11.2 Å². The van der Waals surface area contributed by atoms with Crippen LogP contribution >= 0.6 is 0 Å². The van der Waals surface area contributed by atoms with Crippen LogP contribution in [0.25, 0.3) is 10.9 Å². The van der Waals surface area contributed by atoms with E-state index >= 15 is 0 Å². The number of halogens is 1. The molecule has 0 fully saturated rings. The topological polar surface area (TPSA) is 38.2 Å². The summed E-state index contributed by atoms with van der Waals surface area (Å²) >= 11 is 0. The first-order valence-electron chi connectivity index (χ1n) is 7.85. The van der Waals surface area contributed by atoms with Crippen LogP contribution in [0.4, 0.5) is 10.2 Å². The van der Waals surface area contributed by atoms with Crippen LogP contribution in [0.15, 0.2) is 54.9 Å². The summed E-state index contributed by atoms with van der Waals surface area (Å²) in [5.41, 5.74) is 1.56. The van der Waals surface area contributed by atoms with Crippen LogP contribution < -0.4 is 4.90 Å². The molecule has 5 heteroatoms. The largest absolute Gasteiger partial charge is 0.383 e. The molecule has 0 aliphatic rings. The summed E-state index contributed by atoms with van der Waals surface area (Å²) in [4.78, 5) is 10.5. The van der Waals surface area contributed by atoms with E-state index < -0.39 is 0 Å². The zero-order valence-electron chi connectivity index (χ0n) is 13.8. The number of nitrogens with zero attached hydrogens (tertiary/aromatic N) is 3. The smallest absolute Gasteiger partial charge is 0.149 e. The zero-order valence-corrected chi connectivity index (χ0v) is 13.8. The van der Waals surface area contributed by atoms with Crippen molar-refractivity contribution in [1.82, 2.24) is 9.97 Å². The molecule has 124 valence electrons. The molecule has 0 aliphatic carbocycles. The fraction of sp³-hybridized carbons (Fsp3) is 0.263. The minimum absolute atomic E-state index is 0.0822. The second-order valence-electron chi connectivity index (χ2n) is 5.74. The second kappa shape index (κ2) is 7.36. The first kappa shape index (κ1) is 16.3. The van der Waals surface area contributed by atoms with Gasteiger partial charge in [-0.15, -0.1) is 0 Å². The molecule has 3 rings (SSSR count). The highest BCUT2D eigenvalue weighted by atomic mass is 19.1. The third kappa shape index (κ3) is 3.36. The molecule has 24 heavy (non-hydrogen) atoms. The molecule has 3 aromatic rings. The molecule has 1 heterocycles. The lowest BCUT2D eigenvalue weighted by molar-refractivity contribution is 0.178. The highest BCUT2D eigenvalue weighted by Crippen LogP contribution is 2.25. The number of anilines is 1. The molecule has 4 nitrogen and oxygen atoms in total. The number of benzene rings is 2. The molecule has 0 saturated heterocycles. The number of fused-ring (bicyclic) bond motifs is 1. The fourth-order valence-corrected chi connectivity index (χ4v) is 2.88. The van der Waals surface area contributed by atoms with E-state index in [0.29, 0.717) is 23.3 Å². The molecule has 0 aliphatic heterocycles.